The molecule has 96 valence electrons. The van der Waals surface area contributed by atoms with Gasteiger partial charge in [0, 0.05) is 13.1 Å². The molecule has 0 aromatic heterocycles. The van der Waals surface area contributed by atoms with Crippen LogP contribution in [0.1, 0.15) is 6.92 Å². The Morgan fingerprint density at radius 2 is 2.12 bits per heavy atom. The summed E-state index contributed by atoms with van der Waals surface area (Å²) in [5.74, 6) is 0. The van der Waals surface area contributed by atoms with Crippen LogP contribution in [0.15, 0.2) is 23.1 Å². The van der Waals surface area contributed by atoms with Gasteiger partial charge in [-0.15, -0.1) is 0 Å². The zero-order chi connectivity index (χ0) is 13.2. The molecule has 1 aromatic carbocycles. The van der Waals surface area contributed by atoms with Crippen LogP contribution in [-0.2, 0) is 10.0 Å². The zero-order valence-electron chi connectivity index (χ0n) is 9.59. The highest BCUT2D eigenvalue weighted by Crippen LogP contribution is 2.24. The van der Waals surface area contributed by atoms with Gasteiger partial charge in [-0.3, -0.25) is 0 Å². The third-order valence-corrected chi connectivity index (χ3v) is 4.83. The monoisotopic (exact) mass is 278 g/mol. The van der Waals surface area contributed by atoms with E-state index in [9.17, 15) is 8.42 Å². The predicted octanol–water partition coefficient (Wildman–Crippen LogP) is 0.924. The molecule has 0 saturated carbocycles. The molecule has 1 unspecified atom stereocenters. The summed E-state index contributed by atoms with van der Waals surface area (Å²) in [7, 11) is -2.25. The Morgan fingerprint density at radius 3 is 2.59 bits per heavy atom. The smallest absolute Gasteiger partial charge is 0.243 e. The van der Waals surface area contributed by atoms with E-state index in [2.05, 4.69) is 0 Å². The van der Waals surface area contributed by atoms with Crippen molar-refractivity contribution in [2.45, 2.75) is 17.9 Å². The Morgan fingerprint density at radius 1 is 1.53 bits per heavy atom. The largest absolute Gasteiger partial charge is 0.398 e. The van der Waals surface area contributed by atoms with E-state index in [0.717, 1.165) is 4.31 Å². The van der Waals surface area contributed by atoms with Crippen LogP contribution in [0, 0.1) is 0 Å². The van der Waals surface area contributed by atoms with Crippen LogP contribution in [0.25, 0.3) is 0 Å². The van der Waals surface area contributed by atoms with E-state index >= 15 is 0 Å². The van der Waals surface area contributed by atoms with E-state index in [1.54, 1.807) is 6.92 Å². The Balaban J connectivity index is 3.17. The number of anilines is 1. The highest BCUT2D eigenvalue weighted by Gasteiger charge is 2.25. The molecule has 7 heteroatoms. The third kappa shape index (κ3) is 2.90. The van der Waals surface area contributed by atoms with Crippen molar-refractivity contribution in [2.24, 2.45) is 0 Å². The minimum Gasteiger partial charge on any atom is -0.398 e. The van der Waals surface area contributed by atoms with Crippen molar-refractivity contribution in [3.63, 3.8) is 0 Å². The second-order valence-electron chi connectivity index (χ2n) is 3.74. The maximum Gasteiger partial charge on any atom is 0.243 e. The number of aliphatic hydroxyl groups is 1. The van der Waals surface area contributed by atoms with E-state index in [1.165, 1.54) is 25.2 Å². The summed E-state index contributed by atoms with van der Waals surface area (Å²) < 4.78 is 25.3. The Hall–Kier alpha value is -0.820. The number of benzene rings is 1. The number of nitrogens with zero attached hydrogens (tertiary/aromatic N) is 1. The van der Waals surface area contributed by atoms with Gasteiger partial charge in [0.25, 0.3) is 0 Å². The van der Waals surface area contributed by atoms with E-state index in [0.29, 0.717) is 5.69 Å². The molecule has 1 aromatic rings. The van der Waals surface area contributed by atoms with Crippen molar-refractivity contribution in [3.05, 3.63) is 23.2 Å². The topological polar surface area (TPSA) is 83.6 Å². The summed E-state index contributed by atoms with van der Waals surface area (Å²) in [5, 5.41) is 9.15. The molecule has 1 atom stereocenters. The molecule has 1 rings (SSSR count). The van der Waals surface area contributed by atoms with Gasteiger partial charge in [0.2, 0.25) is 10.0 Å². The van der Waals surface area contributed by atoms with Crippen molar-refractivity contribution in [1.29, 1.82) is 0 Å². The molecule has 0 aliphatic carbocycles. The second-order valence-corrected chi connectivity index (χ2v) is 6.14. The van der Waals surface area contributed by atoms with Crippen molar-refractivity contribution < 1.29 is 13.5 Å². The molecule has 0 spiro atoms. The number of nitrogens with two attached hydrogens (primary N) is 1. The molecule has 17 heavy (non-hydrogen) atoms. The molecule has 0 amide bonds. The quantitative estimate of drug-likeness (QED) is 0.803. The van der Waals surface area contributed by atoms with E-state index in [1.807, 2.05) is 0 Å². The molecule has 0 aliphatic rings. The van der Waals surface area contributed by atoms with Crippen molar-refractivity contribution in [1.82, 2.24) is 4.31 Å². The lowest BCUT2D eigenvalue weighted by Gasteiger charge is -2.22. The number of halogens is 1. The minimum atomic E-state index is -3.66. The highest BCUT2D eigenvalue weighted by atomic mass is 35.5. The van der Waals surface area contributed by atoms with Gasteiger partial charge in [0.1, 0.15) is 0 Å². The Bertz CT molecular complexity index is 504. The van der Waals surface area contributed by atoms with Gasteiger partial charge in [-0.05, 0) is 25.1 Å². The number of sulfonamides is 1. The summed E-state index contributed by atoms with van der Waals surface area (Å²) >= 11 is 5.78. The van der Waals surface area contributed by atoms with Gasteiger partial charge in [0.15, 0.2) is 0 Å². The fourth-order valence-electron chi connectivity index (χ4n) is 1.19. The molecule has 5 nitrogen and oxygen atoms in total. The Labute approximate surface area is 106 Å². The molecule has 0 aliphatic heterocycles. The molecule has 0 heterocycles. The molecule has 0 bridgehead atoms. The summed E-state index contributed by atoms with van der Waals surface area (Å²) in [6, 6.07) is 3.62. The summed E-state index contributed by atoms with van der Waals surface area (Å²) in [6.07, 6.45) is 0. The summed E-state index contributed by atoms with van der Waals surface area (Å²) in [4.78, 5) is 0.0551. The van der Waals surface area contributed by atoms with Gasteiger partial charge in [-0.1, -0.05) is 11.6 Å². The molecule has 0 saturated heterocycles. The van der Waals surface area contributed by atoms with Gasteiger partial charge in [0.05, 0.1) is 22.2 Å². The first kappa shape index (κ1) is 14.2. The van der Waals surface area contributed by atoms with Crippen molar-refractivity contribution >= 4 is 27.3 Å². The lowest BCUT2D eigenvalue weighted by Crippen LogP contribution is -2.37. The van der Waals surface area contributed by atoms with Crippen molar-refractivity contribution in [3.8, 4) is 0 Å². The average molecular weight is 279 g/mol. The van der Waals surface area contributed by atoms with Crippen LogP contribution in [0.4, 0.5) is 5.69 Å². The fraction of sp³-hybridized carbons (Fsp3) is 0.400. The summed E-state index contributed by atoms with van der Waals surface area (Å²) in [6.45, 7) is 1.36. The lowest BCUT2D eigenvalue weighted by molar-refractivity contribution is 0.214. The van der Waals surface area contributed by atoms with Crippen LogP contribution in [0.3, 0.4) is 0 Å². The molecule has 3 N–H and O–H groups in total. The van der Waals surface area contributed by atoms with Crippen LogP contribution in [0.5, 0.6) is 0 Å². The van der Waals surface area contributed by atoms with Gasteiger partial charge >= 0.3 is 0 Å². The number of hydrogen-bond acceptors (Lipinski definition) is 4. The fourth-order valence-corrected chi connectivity index (χ4v) is 2.81. The molecule has 0 fully saturated rings. The minimum absolute atomic E-state index is 0.0551. The summed E-state index contributed by atoms with van der Waals surface area (Å²) in [5.41, 5.74) is 5.84. The highest BCUT2D eigenvalue weighted by molar-refractivity contribution is 7.89. The number of aliphatic hydroxyl groups excluding tert-OH is 1. The van der Waals surface area contributed by atoms with Crippen LogP contribution in [-0.4, -0.2) is 37.5 Å². The maximum absolute atomic E-state index is 12.1. The van der Waals surface area contributed by atoms with Gasteiger partial charge in [-0.25, -0.2) is 8.42 Å². The van der Waals surface area contributed by atoms with Crippen molar-refractivity contribution in [2.75, 3.05) is 19.4 Å². The van der Waals surface area contributed by atoms with E-state index < -0.39 is 16.1 Å². The van der Waals surface area contributed by atoms with Crippen LogP contribution in [0.2, 0.25) is 5.02 Å². The van der Waals surface area contributed by atoms with Gasteiger partial charge in [-0.2, -0.15) is 4.31 Å². The normalized spacial score (nSPS) is 13.9. The standard InChI is InChI=1S/C10H15ClN2O3S/c1-7(6-14)13(2)17(15,16)8-3-4-10(12)9(11)5-8/h3-5,7,14H,6,12H2,1-2H3. The first-order valence-electron chi connectivity index (χ1n) is 4.94. The van der Waals surface area contributed by atoms with E-state index in [-0.39, 0.29) is 16.5 Å². The van der Waals surface area contributed by atoms with E-state index in [4.69, 9.17) is 22.4 Å². The molecule has 0 radical (unpaired) electrons. The predicted molar refractivity (Wildman–Crippen MR) is 67.4 cm³/mol. The average Bonchev–Trinajstić information content (AvgIpc) is 2.30. The van der Waals surface area contributed by atoms with Crippen LogP contribution >= 0.6 is 11.6 Å². The van der Waals surface area contributed by atoms with Gasteiger partial charge < -0.3 is 10.8 Å². The number of nitrogen functional groups attached to an aromatic ring is 1. The first-order chi connectivity index (χ1) is 7.80. The molecular formula is C10H15ClN2O3S. The zero-order valence-corrected chi connectivity index (χ0v) is 11.2. The SMILES string of the molecule is CC(CO)N(C)S(=O)(=O)c1ccc(N)c(Cl)c1. The number of hydrogen-bond donors (Lipinski definition) is 2. The third-order valence-electron chi connectivity index (χ3n) is 2.53. The first-order valence-corrected chi connectivity index (χ1v) is 6.76. The number of rotatable bonds is 4. The Kier molecular flexibility index (Phi) is 4.37. The molecular weight excluding hydrogens is 264 g/mol. The second kappa shape index (κ2) is 5.22. The lowest BCUT2D eigenvalue weighted by atomic mass is 10.3. The number of likely N-dealkylation sites (N-methyl/N-ethyl adjacent to an activating group) is 1. The maximum atomic E-state index is 12.1. The van der Waals surface area contributed by atoms with Crippen LogP contribution < -0.4 is 5.73 Å².